The molecule has 2 rings (SSSR count). The van der Waals surface area contributed by atoms with Crippen LogP contribution in [-0.4, -0.2) is 11.1 Å². The molecule has 0 amide bonds. The van der Waals surface area contributed by atoms with Crippen molar-refractivity contribution in [2.75, 3.05) is 0 Å². The summed E-state index contributed by atoms with van der Waals surface area (Å²) in [6, 6.07) is 6.57. The SMILES string of the molecule is Cc1ccc(C)c(CC2CCCC2CC(=O)O)c1. The van der Waals surface area contributed by atoms with Crippen molar-refractivity contribution in [3.8, 4) is 0 Å². The van der Waals surface area contributed by atoms with E-state index in [2.05, 4.69) is 32.0 Å². The highest BCUT2D eigenvalue weighted by Gasteiger charge is 2.29. The lowest BCUT2D eigenvalue weighted by molar-refractivity contribution is -0.138. The average molecular weight is 246 g/mol. The van der Waals surface area contributed by atoms with E-state index >= 15 is 0 Å². The first-order chi connectivity index (χ1) is 8.56. The number of hydrogen-bond donors (Lipinski definition) is 1. The van der Waals surface area contributed by atoms with E-state index in [-0.39, 0.29) is 0 Å². The predicted octanol–water partition coefficient (Wildman–Crippen LogP) is 3.74. The summed E-state index contributed by atoms with van der Waals surface area (Å²) < 4.78 is 0. The molecule has 2 atom stereocenters. The van der Waals surface area contributed by atoms with Crippen LogP contribution in [0.4, 0.5) is 0 Å². The Labute approximate surface area is 109 Å². The van der Waals surface area contributed by atoms with E-state index in [4.69, 9.17) is 5.11 Å². The second-order valence-electron chi connectivity index (χ2n) is 5.68. The van der Waals surface area contributed by atoms with Gasteiger partial charge in [0.1, 0.15) is 0 Å². The first-order valence-electron chi connectivity index (χ1n) is 6.84. The van der Waals surface area contributed by atoms with Crippen molar-refractivity contribution < 1.29 is 9.90 Å². The highest BCUT2D eigenvalue weighted by Crippen LogP contribution is 2.36. The molecular formula is C16H22O2. The van der Waals surface area contributed by atoms with Gasteiger partial charge < -0.3 is 5.11 Å². The zero-order valence-corrected chi connectivity index (χ0v) is 11.3. The van der Waals surface area contributed by atoms with Crippen molar-refractivity contribution in [1.82, 2.24) is 0 Å². The fourth-order valence-electron chi connectivity index (χ4n) is 3.18. The molecule has 0 aliphatic heterocycles. The van der Waals surface area contributed by atoms with Crippen LogP contribution < -0.4 is 0 Å². The van der Waals surface area contributed by atoms with E-state index < -0.39 is 5.97 Å². The van der Waals surface area contributed by atoms with E-state index in [1.165, 1.54) is 29.5 Å². The van der Waals surface area contributed by atoms with Crippen LogP contribution in [0.25, 0.3) is 0 Å². The number of aryl methyl sites for hydroxylation is 2. The van der Waals surface area contributed by atoms with Gasteiger partial charge in [-0.2, -0.15) is 0 Å². The van der Waals surface area contributed by atoms with Gasteiger partial charge in [0.05, 0.1) is 0 Å². The van der Waals surface area contributed by atoms with Gasteiger partial charge in [0.2, 0.25) is 0 Å². The maximum absolute atomic E-state index is 10.9. The van der Waals surface area contributed by atoms with Gasteiger partial charge >= 0.3 is 5.97 Å². The zero-order chi connectivity index (χ0) is 13.1. The molecule has 1 aromatic carbocycles. The van der Waals surface area contributed by atoms with Crippen LogP contribution >= 0.6 is 0 Å². The van der Waals surface area contributed by atoms with E-state index in [1.807, 2.05) is 0 Å². The van der Waals surface area contributed by atoms with Crippen LogP contribution in [0.1, 0.15) is 42.4 Å². The van der Waals surface area contributed by atoms with Crippen LogP contribution in [0.5, 0.6) is 0 Å². The summed E-state index contributed by atoms with van der Waals surface area (Å²) in [6.07, 6.45) is 4.85. The molecule has 0 aromatic heterocycles. The maximum Gasteiger partial charge on any atom is 0.303 e. The van der Waals surface area contributed by atoms with Gasteiger partial charge in [0.25, 0.3) is 0 Å². The Morgan fingerprint density at radius 3 is 2.72 bits per heavy atom. The van der Waals surface area contributed by atoms with Gasteiger partial charge in [-0.3, -0.25) is 4.79 Å². The summed E-state index contributed by atoms with van der Waals surface area (Å²) in [4.78, 5) is 10.9. The quantitative estimate of drug-likeness (QED) is 0.878. The largest absolute Gasteiger partial charge is 0.481 e. The molecule has 1 fully saturated rings. The van der Waals surface area contributed by atoms with Crippen LogP contribution in [0.15, 0.2) is 18.2 Å². The van der Waals surface area contributed by atoms with Crippen molar-refractivity contribution >= 4 is 5.97 Å². The third kappa shape index (κ3) is 3.12. The van der Waals surface area contributed by atoms with Crippen LogP contribution in [0, 0.1) is 25.7 Å². The second-order valence-corrected chi connectivity index (χ2v) is 5.68. The highest BCUT2D eigenvalue weighted by molar-refractivity contribution is 5.67. The molecule has 0 saturated heterocycles. The predicted molar refractivity (Wildman–Crippen MR) is 72.7 cm³/mol. The molecule has 1 aromatic rings. The van der Waals surface area contributed by atoms with Crippen molar-refractivity contribution in [2.45, 2.75) is 46.0 Å². The third-order valence-electron chi connectivity index (χ3n) is 4.24. The highest BCUT2D eigenvalue weighted by atomic mass is 16.4. The minimum Gasteiger partial charge on any atom is -0.481 e. The molecule has 2 unspecified atom stereocenters. The molecule has 98 valence electrons. The number of benzene rings is 1. The molecule has 0 spiro atoms. The van der Waals surface area contributed by atoms with Gasteiger partial charge in [-0.05, 0) is 56.1 Å². The summed E-state index contributed by atoms with van der Waals surface area (Å²) in [5, 5.41) is 8.96. The Hall–Kier alpha value is -1.31. The normalized spacial score (nSPS) is 23.2. The number of hydrogen-bond acceptors (Lipinski definition) is 1. The lowest BCUT2D eigenvalue weighted by Crippen LogP contribution is -2.15. The zero-order valence-electron chi connectivity index (χ0n) is 11.3. The van der Waals surface area contributed by atoms with E-state index in [0.717, 1.165) is 12.8 Å². The van der Waals surface area contributed by atoms with Crippen LogP contribution in [0.2, 0.25) is 0 Å². The maximum atomic E-state index is 10.9. The topological polar surface area (TPSA) is 37.3 Å². The second kappa shape index (κ2) is 5.55. The minimum atomic E-state index is -0.645. The van der Waals surface area contributed by atoms with Gasteiger partial charge in [-0.25, -0.2) is 0 Å². The fraction of sp³-hybridized carbons (Fsp3) is 0.562. The molecule has 2 nitrogen and oxygen atoms in total. The Morgan fingerprint density at radius 2 is 2.00 bits per heavy atom. The van der Waals surface area contributed by atoms with Gasteiger partial charge in [0, 0.05) is 6.42 Å². The number of carboxylic acids is 1. The molecule has 0 bridgehead atoms. The lowest BCUT2D eigenvalue weighted by atomic mass is 9.86. The van der Waals surface area contributed by atoms with Crippen molar-refractivity contribution in [2.24, 2.45) is 11.8 Å². The van der Waals surface area contributed by atoms with Crippen molar-refractivity contribution in [1.29, 1.82) is 0 Å². The van der Waals surface area contributed by atoms with Crippen molar-refractivity contribution in [3.63, 3.8) is 0 Å². The molecule has 1 aliphatic rings. The van der Waals surface area contributed by atoms with Gasteiger partial charge in [0.15, 0.2) is 0 Å². The van der Waals surface area contributed by atoms with E-state index in [1.54, 1.807) is 0 Å². The minimum absolute atomic E-state index is 0.343. The molecule has 2 heteroatoms. The van der Waals surface area contributed by atoms with Crippen LogP contribution in [-0.2, 0) is 11.2 Å². The Morgan fingerprint density at radius 1 is 1.28 bits per heavy atom. The Balaban J connectivity index is 2.08. The Kier molecular flexibility index (Phi) is 4.05. The summed E-state index contributed by atoms with van der Waals surface area (Å²) in [7, 11) is 0. The van der Waals surface area contributed by atoms with Gasteiger partial charge in [-0.15, -0.1) is 0 Å². The summed E-state index contributed by atoms with van der Waals surface area (Å²) in [5.74, 6) is 0.289. The number of carbonyl (C=O) groups is 1. The van der Waals surface area contributed by atoms with Crippen LogP contribution in [0.3, 0.4) is 0 Å². The van der Waals surface area contributed by atoms with Crippen molar-refractivity contribution in [3.05, 3.63) is 34.9 Å². The monoisotopic (exact) mass is 246 g/mol. The smallest absolute Gasteiger partial charge is 0.303 e. The molecule has 1 aliphatic carbocycles. The summed E-state index contributed by atoms with van der Waals surface area (Å²) in [6.45, 7) is 4.27. The average Bonchev–Trinajstić information content (AvgIpc) is 2.70. The standard InChI is InChI=1S/C16H22O2/c1-11-6-7-12(2)15(8-11)9-13-4-3-5-14(13)10-16(17)18/h6-8,13-14H,3-5,9-10H2,1-2H3,(H,17,18). The van der Waals surface area contributed by atoms with E-state index in [9.17, 15) is 4.79 Å². The molecule has 0 heterocycles. The first kappa shape index (κ1) is 13.1. The molecule has 1 saturated carbocycles. The molecule has 0 radical (unpaired) electrons. The molecular weight excluding hydrogens is 224 g/mol. The van der Waals surface area contributed by atoms with Gasteiger partial charge in [-0.1, -0.05) is 30.2 Å². The fourth-order valence-corrected chi connectivity index (χ4v) is 3.18. The Bertz CT molecular complexity index is 437. The third-order valence-corrected chi connectivity index (χ3v) is 4.24. The molecule has 1 N–H and O–H groups in total. The lowest BCUT2D eigenvalue weighted by Gasteiger charge is -2.19. The van der Waals surface area contributed by atoms with E-state index in [0.29, 0.717) is 18.3 Å². The number of aliphatic carboxylic acids is 1. The first-order valence-corrected chi connectivity index (χ1v) is 6.84. The molecule has 18 heavy (non-hydrogen) atoms. The number of carboxylic acid groups (broad SMARTS) is 1. The summed E-state index contributed by atoms with van der Waals surface area (Å²) in [5.41, 5.74) is 4.03. The summed E-state index contributed by atoms with van der Waals surface area (Å²) >= 11 is 0. The number of rotatable bonds is 4.